The van der Waals surface area contributed by atoms with Gasteiger partial charge in [0.25, 0.3) is 11.8 Å². The molecule has 0 saturated carbocycles. The fraction of sp³-hybridized carbons (Fsp3) is 0.0400. The van der Waals surface area contributed by atoms with E-state index in [4.69, 9.17) is 0 Å². The summed E-state index contributed by atoms with van der Waals surface area (Å²) in [5.41, 5.74) is 3.92. The van der Waals surface area contributed by atoms with Gasteiger partial charge in [0.15, 0.2) is 5.13 Å². The molecule has 0 aliphatic carbocycles. The Hall–Kier alpha value is -4.30. The number of hydrogen-bond acceptors (Lipinski definition) is 5. The summed E-state index contributed by atoms with van der Waals surface area (Å²) >= 11 is 1.35. The van der Waals surface area contributed by atoms with Gasteiger partial charge in [0.2, 0.25) is 0 Å². The lowest BCUT2D eigenvalue weighted by atomic mass is 10.1. The first-order chi connectivity index (χ1) is 16.1. The lowest BCUT2D eigenvalue weighted by Crippen LogP contribution is -2.29. The number of hydrogen-bond donors (Lipinski definition) is 2. The zero-order valence-corrected chi connectivity index (χ0v) is 18.1. The number of amides is 4. The van der Waals surface area contributed by atoms with E-state index in [-0.39, 0.29) is 24.4 Å². The van der Waals surface area contributed by atoms with Gasteiger partial charge in [-0.25, -0.2) is 14.7 Å². The number of urea groups is 1. The van der Waals surface area contributed by atoms with Crippen LogP contribution in [0.3, 0.4) is 0 Å². The maximum Gasteiger partial charge on any atom is 0.321 e. The molecule has 0 radical (unpaired) electrons. The molecule has 0 unspecified atom stereocenters. The summed E-state index contributed by atoms with van der Waals surface area (Å²) in [4.78, 5) is 43.1. The summed E-state index contributed by atoms with van der Waals surface area (Å²) in [6.07, 6.45) is 0. The molecule has 0 spiro atoms. The van der Waals surface area contributed by atoms with Crippen LogP contribution in [0.5, 0.6) is 0 Å². The Bertz CT molecular complexity index is 1310. The average molecular weight is 455 g/mol. The maximum atomic E-state index is 12.6. The largest absolute Gasteiger partial charge is 0.334 e. The van der Waals surface area contributed by atoms with Gasteiger partial charge in [-0.05, 0) is 29.8 Å². The van der Waals surface area contributed by atoms with Crippen LogP contribution >= 0.6 is 11.3 Å². The summed E-state index contributed by atoms with van der Waals surface area (Å²) in [5.74, 6) is -0.668. The second-order valence-electron chi connectivity index (χ2n) is 7.37. The molecule has 1 aliphatic rings. The molecule has 3 aromatic carbocycles. The van der Waals surface area contributed by atoms with Crippen LogP contribution in [0.4, 0.5) is 15.6 Å². The van der Waals surface area contributed by atoms with Crippen LogP contribution in [-0.2, 0) is 6.54 Å². The van der Waals surface area contributed by atoms with E-state index in [0.29, 0.717) is 21.9 Å². The highest BCUT2D eigenvalue weighted by atomic mass is 32.1. The number of thiazole rings is 1. The molecule has 0 fully saturated rings. The number of anilines is 2. The quantitative estimate of drug-likeness (QED) is 0.418. The topological polar surface area (TPSA) is 91.4 Å². The van der Waals surface area contributed by atoms with Crippen molar-refractivity contribution in [3.05, 3.63) is 101 Å². The van der Waals surface area contributed by atoms with Crippen LogP contribution in [0, 0.1) is 0 Å². The number of imide groups is 1. The van der Waals surface area contributed by atoms with Gasteiger partial charge >= 0.3 is 6.03 Å². The van der Waals surface area contributed by atoms with Gasteiger partial charge in [0.05, 0.1) is 22.5 Å². The summed E-state index contributed by atoms with van der Waals surface area (Å²) < 4.78 is 0. The van der Waals surface area contributed by atoms with Gasteiger partial charge in [0.1, 0.15) is 0 Å². The molecule has 4 aromatic rings. The molecule has 1 aromatic heterocycles. The predicted octanol–water partition coefficient (Wildman–Crippen LogP) is 4.93. The fourth-order valence-corrected chi connectivity index (χ4v) is 4.30. The maximum absolute atomic E-state index is 12.6. The number of nitrogens with one attached hydrogen (secondary N) is 2. The second kappa shape index (κ2) is 8.68. The number of carbonyl (C=O) groups excluding carboxylic acids is 3. The highest BCUT2D eigenvalue weighted by molar-refractivity contribution is 7.14. The number of fused-ring (bicyclic) bond motifs is 1. The standard InChI is InChI=1S/C25H18N4O3S/c30-22-19-8-4-5-9-20(19)23(31)29(22)18-12-10-16(11-13-18)14-26-24(32)28-25-27-21(15-33-25)17-6-2-1-3-7-17/h1-13,15H,14H2,(H2,26,27,28,32). The Morgan fingerprint density at radius 1 is 0.848 bits per heavy atom. The van der Waals surface area contributed by atoms with Gasteiger partial charge in [0, 0.05) is 17.5 Å². The smallest absolute Gasteiger partial charge is 0.321 e. The minimum atomic E-state index is -0.367. The van der Waals surface area contributed by atoms with Crippen molar-refractivity contribution in [2.24, 2.45) is 0 Å². The Kier molecular flexibility index (Phi) is 5.42. The first-order valence-electron chi connectivity index (χ1n) is 10.2. The third-order valence-electron chi connectivity index (χ3n) is 5.24. The van der Waals surface area contributed by atoms with Crippen molar-refractivity contribution in [3.63, 3.8) is 0 Å². The molecule has 33 heavy (non-hydrogen) atoms. The molecule has 2 heterocycles. The van der Waals surface area contributed by atoms with Crippen LogP contribution in [0.1, 0.15) is 26.3 Å². The van der Waals surface area contributed by atoms with E-state index in [1.165, 1.54) is 16.2 Å². The summed E-state index contributed by atoms with van der Waals surface area (Å²) in [6, 6.07) is 23.1. The molecule has 0 atom stereocenters. The molecule has 0 saturated heterocycles. The van der Waals surface area contributed by atoms with Gasteiger partial charge in [-0.1, -0.05) is 54.6 Å². The van der Waals surface area contributed by atoms with E-state index < -0.39 is 0 Å². The number of carbonyl (C=O) groups is 3. The Morgan fingerprint density at radius 2 is 1.48 bits per heavy atom. The number of rotatable bonds is 5. The van der Waals surface area contributed by atoms with Gasteiger partial charge in [-0.3, -0.25) is 14.9 Å². The van der Waals surface area contributed by atoms with E-state index in [0.717, 1.165) is 16.8 Å². The number of nitrogens with zero attached hydrogens (tertiary/aromatic N) is 2. The minimum absolute atomic E-state index is 0.283. The van der Waals surface area contributed by atoms with E-state index in [2.05, 4.69) is 15.6 Å². The van der Waals surface area contributed by atoms with Crippen LogP contribution in [0.25, 0.3) is 11.3 Å². The highest BCUT2D eigenvalue weighted by Gasteiger charge is 2.36. The third kappa shape index (κ3) is 4.11. The lowest BCUT2D eigenvalue weighted by molar-refractivity contribution is 0.0926. The molecule has 2 N–H and O–H groups in total. The number of aromatic nitrogens is 1. The zero-order valence-electron chi connectivity index (χ0n) is 17.3. The van der Waals surface area contributed by atoms with Crippen LogP contribution in [0.15, 0.2) is 84.2 Å². The van der Waals surface area contributed by atoms with E-state index in [1.807, 2.05) is 35.7 Å². The molecule has 7 nitrogen and oxygen atoms in total. The SMILES string of the molecule is O=C(NCc1ccc(N2C(=O)c3ccccc3C2=O)cc1)Nc1nc(-c2ccccc2)cs1. The van der Waals surface area contributed by atoms with Crippen LogP contribution in [0.2, 0.25) is 0 Å². The summed E-state index contributed by atoms with van der Waals surface area (Å²) in [6.45, 7) is 0.283. The average Bonchev–Trinajstić information content (AvgIpc) is 3.41. The van der Waals surface area contributed by atoms with Crippen molar-refractivity contribution < 1.29 is 14.4 Å². The van der Waals surface area contributed by atoms with Crippen LogP contribution < -0.4 is 15.5 Å². The molecular formula is C25H18N4O3S. The van der Waals surface area contributed by atoms with Crippen molar-refractivity contribution >= 4 is 40.0 Å². The molecule has 1 aliphatic heterocycles. The van der Waals surface area contributed by atoms with Crippen molar-refractivity contribution in [2.75, 3.05) is 10.2 Å². The number of benzene rings is 3. The Labute approximate surface area is 193 Å². The highest BCUT2D eigenvalue weighted by Crippen LogP contribution is 2.28. The molecular weight excluding hydrogens is 436 g/mol. The summed E-state index contributed by atoms with van der Waals surface area (Å²) in [7, 11) is 0. The molecule has 0 bridgehead atoms. The van der Waals surface area contributed by atoms with E-state index >= 15 is 0 Å². The predicted molar refractivity (Wildman–Crippen MR) is 127 cm³/mol. The fourth-order valence-electron chi connectivity index (χ4n) is 3.58. The van der Waals surface area contributed by atoms with Crippen molar-refractivity contribution in [2.45, 2.75) is 6.54 Å². The Balaban J connectivity index is 1.19. The third-order valence-corrected chi connectivity index (χ3v) is 5.99. The van der Waals surface area contributed by atoms with Gasteiger partial charge in [-0.15, -0.1) is 11.3 Å². The Morgan fingerprint density at radius 3 is 2.15 bits per heavy atom. The van der Waals surface area contributed by atoms with E-state index in [9.17, 15) is 14.4 Å². The minimum Gasteiger partial charge on any atom is -0.334 e. The molecule has 162 valence electrons. The van der Waals surface area contributed by atoms with Gasteiger partial charge in [-0.2, -0.15) is 0 Å². The molecule has 8 heteroatoms. The first-order valence-corrected chi connectivity index (χ1v) is 11.1. The summed E-state index contributed by atoms with van der Waals surface area (Å²) in [5, 5.41) is 7.92. The second-order valence-corrected chi connectivity index (χ2v) is 8.23. The molecule has 5 rings (SSSR count). The van der Waals surface area contributed by atoms with Crippen LogP contribution in [-0.4, -0.2) is 22.8 Å². The first kappa shape index (κ1) is 20.6. The molecule has 4 amide bonds. The monoisotopic (exact) mass is 454 g/mol. The van der Waals surface area contributed by atoms with E-state index in [1.54, 1.807) is 48.5 Å². The van der Waals surface area contributed by atoms with Crippen molar-refractivity contribution in [1.29, 1.82) is 0 Å². The lowest BCUT2D eigenvalue weighted by Gasteiger charge is -2.14. The van der Waals surface area contributed by atoms with Crippen molar-refractivity contribution in [1.82, 2.24) is 10.3 Å². The zero-order chi connectivity index (χ0) is 22.8. The van der Waals surface area contributed by atoms with Crippen molar-refractivity contribution in [3.8, 4) is 11.3 Å². The van der Waals surface area contributed by atoms with Gasteiger partial charge < -0.3 is 5.32 Å². The normalized spacial score (nSPS) is 12.5.